The highest BCUT2D eigenvalue weighted by molar-refractivity contribution is 7.99. The first kappa shape index (κ1) is 26.7. The molecule has 4 heterocycles. The van der Waals surface area contributed by atoms with E-state index in [2.05, 4.69) is 26.0 Å². The molecule has 0 bridgehead atoms. The van der Waals surface area contributed by atoms with Gasteiger partial charge in [-0.05, 0) is 54.5 Å². The minimum Gasteiger partial charge on any atom is -0.614 e. The van der Waals surface area contributed by atoms with Gasteiger partial charge in [0.05, 0.1) is 6.26 Å². The van der Waals surface area contributed by atoms with E-state index in [1.54, 1.807) is 33.9 Å². The zero-order valence-electron chi connectivity index (χ0n) is 20.7. The molecular formula is C21H25N7O7S2. The molecule has 0 saturated carbocycles. The van der Waals surface area contributed by atoms with E-state index >= 15 is 0 Å². The van der Waals surface area contributed by atoms with Gasteiger partial charge in [-0.2, -0.15) is 0 Å². The molecule has 4 rings (SSSR count). The largest absolute Gasteiger partial charge is 0.614 e. The maximum absolute atomic E-state index is 13.3. The Labute approximate surface area is 218 Å². The molecular weight excluding hydrogens is 526 g/mol. The molecule has 2 aliphatic rings. The number of thioether (sulfide) groups is 1. The summed E-state index contributed by atoms with van der Waals surface area (Å²) in [5, 5.41) is 17.0. The van der Waals surface area contributed by atoms with Gasteiger partial charge in [0.15, 0.2) is 11.8 Å². The van der Waals surface area contributed by atoms with Gasteiger partial charge in [0.2, 0.25) is 16.2 Å². The van der Waals surface area contributed by atoms with Gasteiger partial charge in [-0.3, -0.25) is 14.5 Å². The summed E-state index contributed by atoms with van der Waals surface area (Å²) in [6, 6.07) is 1.92. The molecule has 37 heavy (non-hydrogen) atoms. The number of ether oxygens (including phenoxy) is 1. The van der Waals surface area contributed by atoms with Crippen molar-refractivity contribution in [3.8, 4) is 0 Å². The van der Waals surface area contributed by atoms with Crippen LogP contribution in [0.3, 0.4) is 0 Å². The number of esters is 1. The molecule has 198 valence electrons. The number of furan rings is 1. The number of fused-ring (bicyclic) bond motifs is 1. The standard InChI is InChI=1S/C21H25N7O7S2/c1-21(2,3)35-19(31)15-11(9-36-20-23-25-26-27(20)4)10-37(32)18-14(17(30)28(15)18)22-16(29)13(24-33-5)12-7-6-8-34-12/h6-8,14,18H,9-10H2,1-5H3,(H,22,29)/t14?,18-,37?/m0/s1. The van der Waals surface area contributed by atoms with Gasteiger partial charge in [-0.15, -0.1) is 5.10 Å². The van der Waals surface area contributed by atoms with Gasteiger partial charge in [0.1, 0.15) is 24.2 Å². The molecule has 16 heteroatoms. The number of hydrogen-bond acceptors (Lipinski definition) is 12. The number of aryl methyl sites for hydroxylation is 1. The average Bonchev–Trinajstić information content (AvgIpc) is 3.49. The fourth-order valence-corrected chi connectivity index (χ4v) is 6.36. The fourth-order valence-electron chi connectivity index (χ4n) is 3.69. The first-order valence-electron chi connectivity index (χ1n) is 11.0. The Balaban J connectivity index is 1.60. The van der Waals surface area contributed by atoms with Crippen LogP contribution < -0.4 is 5.32 Å². The van der Waals surface area contributed by atoms with Crippen LogP contribution in [0.15, 0.2) is 44.4 Å². The zero-order valence-corrected chi connectivity index (χ0v) is 22.3. The number of tetrazole rings is 1. The summed E-state index contributed by atoms with van der Waals surface area (Å²) < 4.78 is 25.5. The van der Waals surface area contributed by atoms with Crippen molar-refractivity contribution in [2.24, 2.45) is 12.2 Å². The first-order valence-corrected chi connectivity index (χ1v) is 13.3. The lowest BCUT2D eigenvalue weighted by Crippen LogP contribution is -2.75. The Bertz CT molecular complexity index is 1250. The van der Waals surface area contributed by atoms with Crippen molar-refractivity contribution in [2.75, 3.05) is 18.6 Å². The summed E-state index contributed by atoms with van der Waals surface area (Å²) in [7, 11) is 2.92. The summed E-state index contributed by atoms with van der Waals surface area (Å²) in [5.41, 5.74) is -0.572. The molecule has 1 fully saturated rings. The van der Waals surface area contributed by atoms with E-state index in [1.165, 1.54) is 35.9 Å². The summed E-state index contributed by atoms with van der Waals surface area (Å²) in [6.07, 6.45) is 1.36. The third kappa shape index (κ3) is 5.50. The van der Waals surface area contributed by atoms with Crippen molar-refractivity contribution in [3.05, 3.63) is 35.4 Å². The molecule has 14 nitrogen and oxygen atoms in total. The predicted molar refractivity (Wildman–Crippen MR) is 130 cm³/mol. The molecule has 2 aromatic rings. The lowest BCUT2D eigenvalue weighted by Gasteiger charge is -2.49. The molecule has 2 aliphatic heterocycles. The maximum atomic E-state index is 13.3. The van der Waals surface area contributed by atoms with E-state index in [9.17, 15) is 18.9 Å². The van der Waals surface area contributed by atoms with Crippen LogP contribution >= 0.6 is 11.8 Å². The number of aromatic nitrogens is 4. The minimum atomic E-state index is -1.63. The quantitative estimate of drug-likeness (QED) is 0.116. The number of nitrogens with zero attached hydrogens (tertiary/aromatic N) is 6. The van der Waals surface area contributed by atoms with Crippen LogP contribution in [0.1, 0.15) is 26.5 Å². The number of carbonyl (C=O) groups is 3. The normalized spacial score (nSPS) is 21.9. The van der Waals surface area contributed by atoms with Gasteiger partial charge in [0, 0.05) is 18.4 Å². The van der Waals surface area contributed by atoms with Gasteiger partial charge in [-0.1, -0.05) is 16.9 Å². The van der Waals surface area contributed by atoms with Crippen LogP contribution in [0.4, 0.5) is 0 Å². The Hall–Kier alpha value is -3.37. The fraction of sp³-hybridized carbons (Fsp3) is 0.476. The second kappa shape index (κ2) is 10.5. The van der Waals surface area contributed by atoms with Crippen LogP contribution in [0.25, 0.3) is 0 Å². The van der Waals surface area contributed by atoms with Crippen molar-refractivity contribution < 1.29 is 32.9 Å². The third-order valence-corrected chi connectivity index (χ3v) is 7.94. The molecule has 1 N–H and O–H groups in total. The average molecular weight is 552 g/mol. The molecule has 2 unspecified atom stereocenters. The van der Waals surface area contributed by atoms with Gasteiger partial charge < -0.3 is 23.9 Å². The highest BCUT2D eigenvalue weighted by Crippen LogP contribution is 2.39. The van der Waals surface area contributed by atoms with E-state index in [-0.39, 0.29) is 28.7 Å². The highest BCUT2D eigenvalue weighted by atomic mass is 32.2. The molecule has 3 atom stereocenters. The minimum absolute atomic E-state index is 0.00877. The molecule has 0 aliphatic carbocycles. The van der Waals surface area contributed by atoms with E-state index in [0.29, 0.717) is 10.7 Å². The zero-order chi connectivity index (χ0) is 26.9. The predicted octanol–water partition coefficient (Wildman–Crippen LogP) is -0.0429. The number of rotatable bonds is 8. The lowest BCUT2D eigenvalue weighted by atomic mass is 10.0. The molecule has 1 saturated heterocycles. The maximum Gasteiger partial charge on any atom is 0.355 e. The van der Waals surface area contributed by atoms with Gasteiger partial charge in [-0.25, -0.2) is 9.48 Å². The van der Waals surface area contributed by atoms with Crippen molar-refractivity contribution in [3.63, 3.8) is 0 Å². The SMILES string of the molecule is CON=C(C(=O)NC1C(=O)N2C(C(=O)OC(C)(C)C)=C(CSc3nnnn3C)C[S+]([O-])[C@@H]12)c1ccco1. The summed E-state index contributed by atoms with van der Waals surface area (Å²) in [5.74, 6) is -1.77. The van der Waals surface area contributed by atoms with E-state index in [4.69, 9.17) is 14.0 Å². The third-order valence-electron chi connectivity index (χ3n) is 5.19. The Kier molecular flexibility index (Phi) is 7.61. The Morgan fingerprint density at radius 2 is 2.16 bits per heavy atom. The first-order chi connectivity index (χ1) is 17.5. The number of nitrogens with one attached hydrogen (secondary N) is 1. The second-order valence-corrected chi connectivity index (χ2v) is 11.5. The van der Waals surface area contributed by atoms with Crippen LogP contribution in [0.2, 0.25) is 0 Å². The van der Waals surface area contributed by atoms with Crippen molar-refractivity contribution in [2.45, 2.75) is 42.9 Å². The number of hydrogen-bond donors (Lipinski definition) is 1. The smallest absolute Gasteiger partial charge is 0.355 e. The van der Waals surface area contributed by atoms with Crippen LogP contribution in [-0.2, 0) is 42.2 Å². The lowest BCUT2D eigenvalue weighted by molar-refractivity contribution is -0.159. The van der Waals surface area contributed by atoms with E-state index in [1.807, 2.05) is 0 Å². The molecule has 2 amide bonds. The van der Waals surface area contributed by atoms with Crippen LogP contribution in [-0.4, -0.2) is 88.8 Å². The molecule has 2 aromatic heterocycles. The number of β-lactam (4-membered cyclic amide) rings is 1. The van der Waals surface area contributed by atoms with Crippen LogP contribution in [0, 0.1) is 0 Å². The van der Waals surface area contributed by atoms with Crippen LogP contribution in [0.5, 0.6) is 0 Å². The van der Waals surface area contributed by atoms with E-state index in [0.717, 1.165) is 4.90 Å². The van der Waals surface area contributed by atoms with Crippen molar-refractivity contribution in [1.29, 1.82) is 0 Å². The molecule has 0 spiro atoms. The summed E-state index contributed by atoms with van der Waals surface area (Å²) >= 11 is -0.407. The number of amides is 2. The summed E-state index contributed by atoms with van der Waals surface area (Å²) in [6.45, 7) is 5.11. The van der Waals surface area contributed by atoms with Crippen molar-refractivity contribution in [1.82, 2.24) is 30.4 Å². The second-order valence-electron chi connectivity index (χ2n) is 9.00. The Morgan fingerprint density at radius 1 is 1.41 bits per heavy atom. The van der Waals surface area contributed by atoms with Crippen molar-refractivity contribution >= 4 is 46.4 Å². The van der Waals surface area contributed by atoms with Gasteiger partial charge >= 0.3 is 5.97 Å². The highest BCUT2D eigenvalue weighted by Gasteiger charge is 2.61. The molecule has 0 radical (unpaired) electrons. The summed E-state index contributed by atoms with van der Waals surface area (Å²) in [4.78, 5) is 45.3. The number of oxime groups is 1. The topological polar surface area (TPSA) is 177 Å². The number of carbonyl (C=O) groups excluding carboxylic acids is 3. The monoisotopic (exact) mass is 551 g/mol. The Morgan fingerprint density at radius 3 is 2.76 bits per heavy atom. The molecule has 0 aromatic carbocycles. The van der Waals surface area contributed by atoms with Gasteiger partial charge in [0.25, 0.3) is 11.8 Å². The van der Waals surface area contributed by atoms with E-state index < -0.39 is 46.0 Å².